The summed E-state index contributed by atoms with van der Waals surface area (Å²) in [5.41, 5.74) is 1.27. The van der Waals surface area contributed by atoms with Crippen LogP contribution in [0.4, 0.5) is 4.79 Å². The number of carbonyl (C=O) groups excluding carboxylic acids is 2. The van der Waals surface area contributed by atoms with Crippen LogP contribution in [-0.4, -0.2) is 42.1 Å². The molecule has 0 N–H and O–H groups in total. The number of benzene rings is 1. The second-order valence-electron chi connectivity index (χ2n) is 6.07. The summed E-state index contributed by atoms with van der Waals surface area (Å²) in [7, 11) is 0. The van der Waals surface area contributed by atoms with Crippen molar-refractivity contribution in [2.45, 2.75) is 38.7 Å². The highest BCUT2D eigenvalue weighted by atomic mass is 16.6. The number of hydrogen-bond acceptors (Lipinski definition) is 4. The molecule has 1 aromatic carbocycles. The van der Waals surface area contributed by atoms with Crippen LogP contribution >= 0.6 is 0 Å². The molecule has 0 radical (unpaired) electrons. The van der Waals surface area contributed by atoms with Gasteiger partial charge in [-0.05, 0) is 26.0 Å². The molecule has 0 unspecified atom stereocenters. The predicted molar refractivity (Wildman–Crippen MR) is 81.3 cm³/mol. The minimum Gasteiger partial charge on any atom is -0.486 e. The number of aryl methyl sites for hydroxylation is 1. The van der Waals surface area contributed by atoms with Crippen molar-refractivity contribution in [3.05, 3.63) is 29.3 Å². The van der Waals surface area contributed by atoms with Crippen LogP contribution in [0, 0.1) is 6.92 Å². The molecule has 5 heteroatoms. The number of likely N-dealkylation sites (tertiary alicyclic amines) is 1. The Bertz CT molecular complexity index is 603. The third kappa shape index (κ3) is 2.67. The monoisotopic (exact) mass is 303 g/mol. The molecule has 118 valence electrons. The highest BCUT2D eigenvalue weighted by Crippen LogP contribution is 2.39. The van der Waals surface area contributed by atoms with E-state index in [0.29, 0.717) is 50.3 Å². The van der Waals surface area contributed by atoms with E-state index in [9.17, 15) is 9.59 Å². The largest absolute Gasteiger partial charge is 0.486 e. The van der Waals surface area contributed by atoms with E-state index in [1.165, 1.54) is 0 Å². The Morgan fingerprint density at radius 1 is 1.36 bits per heavy atom. The lowest BCUT2D eigenvalue weighted by atomic mass is 9.82. The van der Waals surface area contributed by atoms with Crippen LogP contribution in [0.2, 0.25) is 0 Å². The molecule has 1 fully saturated rings. The third-order valence-corrected chi connectivity index (χ3v) is 4.45. The molecule has 1 aromatic rings. The maximum Gasteiger partial charge on any atom is 0.409 e. The molecule has 1 spiro atoms. The number of amides is 1. The van der Waals surface area contributed by atoms with Crippen LogP contribution in [0.25, 0.3) is 0 Å². The van der Waals surface area contributed by atoms with Gasteiger partial charge in [0, 0.05) is 25.9 Å². The quantitative estimate of drug-likeness (QED) is 0.800. The van der Waals surface area contributed by atoms with E-state index in [4.69, 9.17) is 9.47 Å². The molecule has 2 heterocycles. The van der Waals surface area contributed by atoms with Gasteiger partial charge in [-0.3, -0.25) is 4.79 Å². The van der Waals surface area contributed by atoms with E-state index in [-0.39, 0.29) is 11.9 Å². The summed E-state index contributed by atoms with van der Waals surface area (Å²) < 4.78 is 11.2. The summed E-state index contributed by atoms with van der Waals surface area (Å²) in [6.07, 6.45) is 1.42. The molecule has 5 nitrogen and oxygen atoms in total. The van der Waals surface area contributed by atoms with Gasteiger partial charge in [0.2, 0.25) is 0 Å². The molecule has 0 atom stereocenters. The number of ether oxygens (including phenoxy) is 2. The summed E-state index contributed by atoms with van der Waals surface area (Å²) in [6, 6.07) is 5.72. The second kappa shape index (κ2) is 5.63. The fourth-order valence-corrected chi connectivity index (χ4v) is 3.20. The lowest BCUT2D eigenvalue weighted by Crippen LogP contribution is -2.52. The minimum atomic E-state index is -0.470. The van der Waals surface area contributed by atoms with E-state index < -0.39 is 5.60 Å². The molecule has 0 aliphatic carbocycles. The average molecular weight is 303 g/mol. The van der Waals surface area contributed by atoms with Crippen molar-refractivity contribution >= 4 is 11.9 Å². The van der Waals surface area contributed by atoms with Crippen LogP contribution in [0.5, 0.6) is 5.75 Å². The smallest absolute Gasteiger partial charge is 0.409 e. The van der Waals surface area contributed by atoms with Gasteiger partial charge in [-0.1, -0.05) is 11.6 Å². The van der Waals surface area contributed by atoms with Gasteiger partial charge in [0.25, 0.3) is 0 Å². The Kier molecular flexibility index (Phi) is 3.81. The van der Waals surface area contributed by atoms with Crippen molar-refractivity contribution in [1.82, 2.24) is 4.90 Å². The molecule has 0 saturated carbocycles. The number of fused-ring (bicyclic) bond motifs is 1. The van der Waals surface area contributed by atoms with Gasteiger partial charge < -0.3 is 14.4 Å². The first kappa shape index (κ1) is 14.9. The van der Waals surface area contributed by atoms with Crippen molar-refractivity contribution < 1.29 is 19.1 Å². The summed E-state index contributed by atoms with van der Waals surface area (Å²) in [4.78, 5) is 25.9. The zero-order chi connectivity index (χ0) is 15.7. The van der Waals surface area contributed by atoms with E-state index in [0.717, 1.165) is 5.56 Å². The molecule has 0 aromatic heterocycles. The third-order valence-electron chi connectivity index (χ3n) is 4.45. The molecule has 3 rings (SSSR count). The van der Waals surface area contributed by atoms with Crippen molar-refractivity contribution in [3.8, 4) is 5.75 Å². The van der Waals surface area contributed by atoms with Crippen LogP contribution < -0.4 is 4.74 Å². The number of nitrogens with zero attached hydrogens (tertiary/aromatic N) is 1. The van der Waals surface area contributed by atoms with Crippen molar-refractivity contribution in [2.24, 2.45) is 0 Å². The fourth-order valence-electron chi connectivity index (χ4n) is 3.20. The molecule has 0 bridgehead atoms. The number of carbonyl (C=O) groups is 2. The Morgan fingerprint density at radius 3 is 2.77 bits per heavy atom. The van der Waals surface area contributed by atoms with E-state index in [1.807, 2.05) is 25.1 Å². The summed E-state index contributed by atoms with van der Waals surface area (Å²) >= 11 is 0. The summed E-state index contributed by atoms with van der Waals surface area (Å²) in [5, 5.41) is 0. The second-order valence-corrected chi connectivity index (χ2v) is 6.07. The summed E-state index contributed by atoms with van der Waals surface area (Å²) in [6.45, 7) is 5.27. The Balaban J connectivity index is 1.73. The van der Waals surface area contributed by atoms with Crippen LogP contribution in [0.3, 0.4) is 0 Å². The van der Waals surface area contributed by atoms with Gasteiger partial charge in [-0.25, -0.2) is 4.79 Å². The van der Waals surface area contributed by atoms with Crippen LogP contribution in [0.15, 0.2) is 18.2 Å². The summed E-state index contributed by atoms with van der Waals surface area (Å²) in [5.74, 6) is 0.806. The first-order valence-corrected chi connectivity index (χ1v) is 7.77. The Morgan fingerprint density at radius 2 is 2.09 bits per heavy atom. The highest BCUT2D eigenvalue weighted by molar-refractivity contribution is 6.00. The van der Waals surface area contributed by atoms with Crippen LogP contribution in [0.1, 0.15) is 42.1 Å². The first-order valence-electron chi connectivity index (χ1n) is 7.77. The molecule has 1 saturated heterocycles. The molecular formula is C17H21NO4. The molecule has 2 aliphatic heterocycles. The molecule has 1 amide bonds. The number of piperidine rings is 1. The lowest BCUT2D eigenvalue weighted by molar-refractivity contribution is -0.00860. The average Bonchev–Trinajstić information content (AvgIpc) is 2.49. The normalized spacial score (nSPS) is 19.5. The predicted octanol–water partition coefficient (Wildman–Crippen LogP) is 2.95. The van der Waals surface area contributed by atoms with Gasteiger partial charge in [0.1, 0.15) is 11.4 Å². The minimum absolute atomic E-state index is 0.134. The van der Waals surface area contributed by atoms with Crippen molar-refractivity contribution in [3.63, 3.8) is 0 Å². The molecular weight excluding hydrogens is 282 g/mol. The standard InChI is InChI=1S/C17H21NO4/c1-3-21-16(20)18-8-6-17(7-9-18)11-14(19)13-10-12(2)4-5-15(13)22-17/h4-5,10H,3,6-9,11H2,1-2H3. The lowest BCUT2D eigenvalue weighted by Gasteiger charge is -2.43. The highest BCUT2D eigenvalue weighted by Gasteiger charge is 2.43. The Labute approximate surface area is 130 Å². The number of hydrogen-bond donors (Lipinski definition) is 0. The van der Waals surface area contributed by atoms with E-state index in [1.54, 1.807) is 11.8 Å². The molecule has 2 aliphatic rings. The maximum atomic E-state index is 12.4. The van der Waals surface area contributed by atoms with Gasteiger partial charge in [-0.15, -0.1) is 0 Å². The zero-order valence-corrected chi connectivity index (χ0v) is 13.1. The van der Waals surface area contributed by atoms with Crippen molar-refractivity contribution in [1.29, 1.82) is 0 Å². The zero-order valence-electron chi connectivity index (χ0n) is 13.1. The first-order chi connectivity index (χ1) is 10.5. The van der Waals surface area contributed by atoms with Crippen LogP contribution in [-0.2, 0) is 4.74 Å². The van der Waals surface area contributed by atoms with E-state index in [2.05, 4.69) is 0 Å². The van der Waals surface area contributed by atoms with Gasteiger partial charge in [0.05, 0.1) is 18.6 Å². The van der Waals surface area contributed by atoms with E-state index >= 15 is 0 Å². The molecule has 22 heavy (non-hydrogen) atoms. The van der Waals surface area contributed by atoms with Gasteiger partial charge in [-0.2, -0.15) is 0 Å². The Hall–Kier alpha value is -2.04. The maximum absolute atomic E-state index is 12.4. The van der Waals surface area contributed by atoms with Crippen molar-refractivity contribution in [2.75, 3.05) is 19.7 Å². The topological polar surface area (TPSA) is 55.8 Å². The SMILES string of the molecule is CCOC(=O)N1CCC2(CC1)CC(=O)c1cc(C)ccc1O2. The van der Waals surface area contributed by atoms with Gasteiger partial charge in [0.15, 0.2) is 5.78 Å². The number of rotatable bonds is 1. The number of Topliss-reactive ketones (excluding diaryl/α,β-unsaturated/α-hetero) is 1. The fraction of sp³-hybridized carbons (Fsp3) is 0.529. The van der Waals surface area contributed by atoms with Gasteiger partial charge >= 0.3 is 6.09 Å². The number of ketones is 1.